The third kappa shape index (κ3) is 3.73. The van der Waals surface area contributed by atoms with Crippen molar-refractivity contribution in [1.29, 1.82) is 0 Å². The molecule has 1 saturated heterocycles. The van der Waals surface area contributed by atoms with E-state index in [1.165, 1.54) is 4.90 Å². The monoisotopic (exact) mass is 390 g/mol. The fourth-order valence-electron chi connectivity index (χ4n) is 3.16. The van der Waals surface area contributed by atoms with Gasteiger partial charge >= 0.3 is 0 Å². The molecule has 0 atom stereocenters. The average Bonchev–Trinajstić information content (AvgIpc) is 3.16. The molecular formula is C21H22N6O2. The number of likely N-dealkylation sites (N-methyl/N-ethyl adjacent to an activating group) is 1. The Morgan fingerprint density at radius 3 is 2.52 bits per heavy atom. The molecule has 0 aromatic carbocycles. The highest BCUT2D eigenvalue weighted by Gasteiger charge is 2.28. The van der Waals surface area contributed by atoms with Crippen molar-refractivity contribution in [1.82, 2.24) is 29.5 Å². The highest BCUT2D eigenvalue weighted by Crippen LogP contribution is 2.23. The first kappa shape index (κ1) is 18.8. The molecule has 148 valence electrons. The van der Waals surface area contributed by atoms with Crippen LogP contribution >= 0.6 is 0 Å². The molecule has 0 N–H and O–H groups in total. The summed E-state index contributed by atoms with van der Waals surface area (Å²) in [6, 6.07) is 9.39. The molecule has 0 bridgehead atoms. The largest absolute Gasteiger partial charge is 0.342 e. The van der Waals surface area contributed by atoms with Crippen LogP contribution in [-0.4, -0.2) is 68.0 Å². The van der Waals surface area contributed by atoms with Gasteiger partial charge in [0.25, 0.3) is 5.91 Å². The van der Waals surface area contributed by atoms with Crippen molar-refractivity contribution in [3.8, 4) is 17.1 Å². The third-order valence-electron chi connectivity index (χ3n) is 4.99. The van der Waals surface area contributed by atoms with Crippen molar-refractivity contribution in [2.24, 2.45) is 0 Å². The van der Waals surface area contributed by atoms with Crippen LogP contribution in [0.25, 0.3) is 17.1 Å². The third-order valence-corrected chi connectivity index (χ3v) is 4.99. The molecular weight excluding hydrogens is 368 g/mol. The topological polar surface area (TPSA) is 84.2 Å². The zero-order valence-electron chi connectivity index (χ0n) is 16.7. The van der Waals surface area contributed by atoms with Gasteiger partial charge in [-0.1, -0.05) is 6.07 Å². The molecule has 0 radical (unpaired) electrons. The number of aromatic nitrogens is 4. The number of amides is 2. The maximum atomic E-state index is 13.0. The number of hydrogen-bond acceptors (Lipinski definition) is 5. The van der Waals surface area contributed by atoms with Gasteiger partial charge in [0.15, 0.2) is 5.69 Å². The predicted octanol–water partition coefficient (Wildman–Crippen LogP) is 1.86. The van der Waals surface area contributed by atoms with E-state index < -0.39 is 0 Å². The summed E-state index contributed by atoms with van der Waals surface area (Å²) >= 11 is 0. The lowest BCUT2D eigenvalue weighted by Crippen LogP contribution is -2.50. The van der Waals surface area contributed by atoms with E-state index in [4.69, 9.17) is 0 Å². The van der Waals surface area contributed by atoms with Crippen LogP contribution in [-0.2, 0) is 4.79 Å². The molecule has 29 heavy (non-hydrogen) atoms. The number of piperazine rings is 1. The standard InChI is InChI=1S/C21H22N6O2/c1-14-4-7-17(23-11-14)19-10-18(21(29)26-9-8-25(3)20(28)13-26)24-27(19)16-6-5-15(2)22-12-16/h4-7,10-12H,8-9,13H2,1-3H3. The molecule has 0 spiro atoms. The quantitative estimate of drug-likeness (QED) is 0.682. The van der Waals surface area contributed by atoms with Gasteiger partial charge in [-0.3, -0.25) is 19.6 Å². The van der Waals surface area contributed by atoms with Gasteiger partial charge in [0, 0.05) is 32.0 Å². The van der Waals surface area contributed by atoms with E-state index in [0.717, 1.165) is 16.9 Å². The maximum Gasteiger partial charge on any atom is 0.274 e. The minimum atomic E-state index is -0.265. The second-order valence-corrected chi connectivity index (χ2v) is 7.25. The molecule has 8 nitrogen and oxygen atoms in total. The molecule has 3 aromatic heterocycles. The Balaban J connectivity index is 1.75. The van der Waals surface area contributed by atoms with E-state index in [1.54, 1.807) is 35.1 Å². The smallest absolute Gasteiger partial charge is 0.274 e. The first-order valence-corrected chi connectivity index (χ1v) is 9.42. The molecule has 0 unspecified atom stereocenters. The van der Waals surface area contributed by atoms with Crippen molar-refractivity contribution in [3.05, 3.63) is 59.7 Å². The fourth-order valence-corrected chi connectivity index (χ4v) is 3.16. The highest BCUT2D eigenvalue weighted by atomic mass is 16.2. The Morgan fingerprint density at radius 1 is 1.03 bits per heavy atom. The molecule has 3 aromatic rings. The number of pyridine rings is 2. The van der Waals surface area contributed by atoms with Crippen molar-refractivity contribution in [2.45, 2.75) is 13.8 Å². The van der Waals surface area contributed by atoms with Crippen LogP contribution in [0.15, 0.2) is 42.7 Å². The van der Waals surface area contributed by atoms with Gasteiger partial charge in [-0.2, -0.15) is 5.10 Å². The Morgan fingerprint density at radius 2 is 1.86 bits per heavy atom. The van der Waals surface area contributed by atoms with Crippen molar-refractivity contribution >= 4 is 11.8 Å². The minimum absolute atomic E-state index is 0.0619. The summed E-state index contributed by atoms with van der Waals surface area (Å²) in [6.07, 6.45) is 3.49. The number of rotatable bonds is 3. The van der Waals surface area contributed by atoms with Crippen molar-refractivity contribution < 1.29 is 9.59 Å². The van der Waals surface area contributed by atoms with Crippen LogP contribution in [0.4, 0.5) is 0 Å². The van der Waals surface area contributed by atoms with Crippen LogP contribution in [0, 0.1) is 13.8 Å². The van der Waals surface area contributed by atoms with E-state index in [0.29, 0.717) is 24.5 Å². The summed E-state index contributed by atoms with van der Waals surface area (Å²) in [7, 11) is 1.74. The molecule has 0 aliphatic carbocycles. The second-order valence-electron chi connectivity index (χ2n) is 7.25. The van der Waals surface area contributed by atoms with Gasteiger partial charge in [-0.15, -0.1) is 0 Å². The zero-order chi connectivity index (χ0) is 20.5. The van der Waals surface area contributed by atoms with Gasteiger partial charge in [-0.25, -0.2) is 4.68 Å². The molecule has 2 amide bonds. The van der Waals surface area contributed by atoms with E-state index in [1.807, 2.05) is 38.1 Å². The van der Waals surface area contributed by atoms with Crippen LogP contribution in [0.1, 0.15) is 21.7 Å². The SMILES string of the molecule is Cc1ccc(-c2cc(C(=O)N3CCN(C)C(=O)C3)nn2-c2ccc(C)nc2)nc1. The first-order valence-electron chi connectivity index (χ1n) is 9.42. The summed E-state index contributed by atoms with van der Waals surface area (Å²) in [4.78, 5) is 37.0. The van der Waals surface area contributed by atoms with E-state index >= 15 is 0 Å². The predicted molar refractivity (Wildman–Crippen MR) is 108 cm³/mol. The molecule has 1 fully saturated rings. The summed E-state index contributed by atoms with van der Waals surface area (Å²) in [5, 5.41) is 4.55. The number of carbonyl (C=O) groups excluding carboxylic acids is 2. The maximum absolute atomic E-state index is 13.0. The fraction of sp³-hybridized carbons (Fsp3) is 0.286. The van der Waals surface area contributed by atoms with Crippen molar-refractivity contribution in [2.75, 3.05) is 26.7 Å². The number of carbonyl (C=O) groups is 2. The summed E-state index contributed by atoms with van der Waals surface area (Å²) in [5.74, 6) is -0.342. The van der Waals surface area contributed by atoms with E-state index in [9.17, 15) is 9.59 Å². The molecule has 1 aliphatic rings. The van der Waals surface area contributed by atoms with Gasteiger partial charge < -0.3 is 9.80 Å². The molecule has 0 saturated carbocycles. The lowest BCUT2D eigenvalue weighted by molar-refractivity contribution is -0.133. The van der Waals surface area contributed by atoms with Crippen LogP contribution in [0.2, 0.25) is 0 Å². The average molecular weight is 390 g/mol. The minimum Gasteiger partial charge on any atom is -0.342 e. The summed E-state index contributed by atoms with van der Waals surface area (Å²) < 4.78 is 1.68. The first-order chi connectivity index (χ1) is 13.9. The van der Waals surface area contributed by atoms with E-state index in [2.05, 4.69) is 15.1 Å². The Hall–Kier alpha value is -3.55. The van der Waals surface area contributed by atoms with E-state index in [-0.39, 0.29) is 24.1 Å². The molecule has 4 rings (SSSR count). The zero-order valence-corrected chi connectivity index (χ0v) is 16.7. The van der Waals surface area contributed by atoms with Gasteiger partial charge in [0.2, 0.25) is 5.91 Å². The molecule has 8 heteroatoms. The number of aryl methyl sites for hydroxylation is 2. The summed E-state index contributed by atoms with van der Waals surface area (Å²) in [5.41, 5.74) is 4.35. The van der Waals surface area contributed by atoms with Gasteiger partial charge in [0.1, 0.15) is 6.54 Å². The number of hydrogen-bond donors (Lipinski definition) is 0. The second kappa shape index (κ2) is 7.46. The lowest BCUT2D eigenvalue weighted by Gasteiger charge is -2.31. The van der Waals surface area contributed by atoms with Gasteiger partial charge in [0.05, 0.1) is 23.3 Å². The Kier molecular flexibility index (Phi) is 4.84. The van der Waals surface area contributed by atoms with Gasteiger partial charge in [-0.05, 0) is 43.7 Å². The Bertz CT molecular complexity index is 993. The Labute approximate surface area is 168 Å². The number of nitrogens with zero attached hydrogens (tertiary/aromatic N) is 6. The molecule has 1 aliphatic heterocycles. The summed E-state index contributed by atoms with van der Waals surface area (Å²) in [6.45, 7) is 4.94. The van der Waals surface area contributed by atoms with Crippen LogP contribution in [0.3, 0.4) is 0 Å². The van der Waals surface area contributed by atoms with Crippen LogP contribution < -0.4 is 0 Å². The lowest BCUT2D eigenvalue weighted by atomic mass is 10.2. The van der Waals surface area contributed by atoms with Crippen molar-refractivity contribution in [3.63, 3.8) is 0 Å². The normalized spacial score (nSPS) is 14.4. The van der Waals surface area contributed by atoms with Crippen LogP contribution in [0.5, 0.6) is 0 Å². The molecule has 4 heterocycles. The highest BCUT2D eigenvalue weighted by molar-refractivity contribution is 5.96.